The molecular formula is C14H31N3O. The van der Waals surface area contributed by atoms with Crippen molar-refractivity contribution in [3.63, 3.8) is 0 Å². The Morgan fingerprint density at radius 2 is 1.78 bits per heavy atom. The van der Waals surface area contributed by atoms with Crippen LogP contribution in [-0.2, 0) is 4.74 Å². The number of rotatable bonds is 7. The molecule has 1 heterocycles. The van der Waals surface area contributed by atoms with Crippen molar-refractivity contribution in [2.45, 2.75) is 58.5 Å². The van der Waals surface area contributed by atoms with E-state index in [0.29, 0.717) is 12.0 Å². The molecule has 2 unspecified atom stereocenters. The van der Waals surface area contributed by atoms with Crippen molar-refractivity contribution in [3.8, 4) is 0 Å². The summed E-state index contributed by atoms with van der Waals surface area (Å²) in [6.45, 7) is 12.8. The van der Waals surface area contributed by atoms with Crippen LogP contribution in [0.2, 0.25) is 0 Å². The van der Waals surface area contributed by atoms with Crippen molar-refractivity contribution in [2.24, 2.45) is 11.8 Å². The van der Waals surface area contributed by atoms with E-state index in [0.717, 1.165) is 32.7 Å². The first kappa shape index (κ1) is 15.9. The molecule has 0 amide bonds. The highest BCUT2D eigenvalue weighted by Crippen LogP contribution is 2.31. The average molecular weight is 257 g/mol. The number of hydrazine groups is 1. The maximum absolute atomic E-state index is 5.89. The maximum Gasteiger partial charge on any atom is 0.0594 e. The van der Waals surface area contributed by atoms with Gasteiger partial charge in [-0.05, 0) is 19.3 Å². The minimum atomic E-state index is 0.120. The number of hydrogen-bond donors (Lipinski definition) is 2. The SMILES string of the molecule is CCC(CC)C(NN)C(C)(CC)N1CCOCC1. The molecule has 1 rings (SSSR count). The van der Waals surface area contributed by atoms with Crippen LogP contribution >= 0.6 is 0 Å². The molecular weight excluding hydrogens is 226 g/mol. The Balaban J connectivity index is 2.87. The molecule has 0 aromatic rings. The first-order valence-electron chi connectivity index (χ1n) is 7.42. The third kappa shape index (κ3) is 3.23. The quantitative estimate of drug-likeness (QED) is 0.539. The predicted octanol–water partition coefficient (Wildman–Crippen LogP) is 1.76. The molecule has 1 aliphatic heterocycles. The van der Waals surface area contributed by atoms with Crippen molar-refractivity contribution in [2.75, 3.05) is 26.3 Å². The van der Waals surface area contributed by atoms with Gasteiger partial charge in [0.2, 0.25) is 0 Å². The van der Waals surface area contributed by atoms with Crippen LogP contribution < -0.4 is 11.3 Å². The van der Waals surface area contributed by atoms with E-state index in [-0.39, 0.29) is 5.54 Å². The second-order valence-electron chi connectivity index (χ2n) is 5.53. The Morgan fingerprint density at radius 1 is 1.22 bits per heavy atom. The Morgan fingerprint density at radius 3 is 2.17 bits per heavy atom. The third-order valence-corrected chi connectivity index (χ3v) is 4.82. The molecule has 0 aromatic carbocycles. The highest BCUT2D eigenvalue weighted by Gasteiger charge is 2.41. The molecule has 4 heteroatoms. The second kappa shape index (κ2) is 7.43. The lowest BCUT2D eigenvalue weighted by atomic mass is 9.77. The largest absolute Gasteiger partial charge is 0.379 e. The van der Waals surface area contributed by atoms with Crippen LogP contribution in [0.1, 0.15) is 47.0 Å². The molecule has 0 bridgehead atoms. The Hall–Kier alpha value is -0.160. The van der Waals surface area contributed by atoms with E-state index >= 15 is 0 Å². The van der Waals surface area contributed by atoms with Crippen LogP contribution in [0.15, 0.2) is 0 Å². The zero-order valence-corrected chi connectivity index (χ0v) is 12.5. The molecule has 3 N–H and O–H groups in total. The Labute approximate surface area is 112 Å². The molecule has 0 spiro atoms. The minimum Gasteiger partial charge on any atom is -0.379 e. The number of hydrogen-bond acceptors (Lipinski definition) is 4. The summed E-state index contributed by atoms with van der Waals surface area (Å²) < 4.78 is 5.47. The topological polar surface area (TPSA) is 50.5 Å². The van der Waals surface area contributed by atoms with Gasteiger partial charge in [-0.15, -0.1) is 0 Å². The fourth-order valence-corrected chi connectivity index (χ4v) is 3.30. The van der Waals surface area contributed by atoms with Gasteiger partial charge < -0.3 is 4.74 Å². The van der Waals surface area contributed by atoms with Gasteiger partial charge in [-0.3, -0.25) is 16.2 Å². The van der Waals surface area contributed by atoms with E-state index in [9.17, 15) is 0 Å². The van der Waals surface area contributed by atoms with Crippen LogP contribution in [0.4, 0.5) is 0 Å². The monoisotopic (exact) mass is 257 g/mol. The standard InChI is InChI=1S/C14H31N3O/c1-5-12(6-2)13(16-15)14(4,7-3)17-8-10-18-11-9-17/h12-13,16H,5-11,15H2,1-4H3. The number of nitrogens with one attached hydrogen (secondary N) is 1. The van der Waals surface area contributed by atoms with Crippen molar-refractivity contribution in [3.05, 3.63) is 0 Å². The summed E-state index contributed by atoms with van der Waals surface area (Å²) >= 11 is 0. The van der Waals surface area contributed by atoms with Gasteiger partial charge >= 0.3 is 0 Å². The molecule has 2 atom stereocenters. The van der Waals surface area contributed by atoms with Crippen LogP contribution in [0.25, 0.3) is 0 Å². The predicted molar refractivity (Wildman–Crippen MR) is 76.3 cm³/mol. The highest BCUT2D eigenvalue weighted by atomic mass is 16.5. The molecule has 1 aliphatic rings. The lowest BCUT2D eigenvalue weighted by molar-refractivity contribution is -0.0418. The average Bonchev–Trinajstić information content (AvgIpc) is 2.44. The minimum absolute atomic E-state index is 0.120. The lowest BCUT2D eigenvalue weighted by Crippen LogP contribution is -2.65. The summed E-state index contributed by atoms with van der Waals surface area (Å²) in [5.41, 5.74) is 3.23. The zero-order valence-electron chi connectivity index (χ0n) is 12.5. The van der Waals surface area contributed by atoms with Crippen molar-refractivity contribution < 1.29 is 4.74 Å². The zero-order chi connectivity index (χ0) is 13.6. The van der Waals surface area contributed by atoms with E-state index in [2.05, 4.69) is 38.0 Å². The van der Waals surface area contributed by atoms with E-state index in [4.69, 9.17) is 10.6 Å². The van der Waals surface area contributed by atoms with Crippen molar-refractivity contribution in [1.82, 2.24) is 10.3 Å². The van der Waals surface area contributed by atoms with Crippen LogP contribution in [-0.4, -0.2) is 42.8 Å². The number of nitrogens with zero attached hydrogens (tertiary/aromatic N) is 1. The van der Waals surface area contributed by atoms with Gasteiger partial charge in [0, 0.05) is 24.7 Å². The lowest BCUT2D eigenvalue weighted by Gasteiger charge is -2.49. The summed E-state index contributed by atoms with van der Waals surface area (Å²) in [7, 11) is 0. The van der Waals surface area contributed by atoms with Crippen LogP contribution in [0, 0.1) is 5.92 Å². The number of morpholine rings is 1. The summed E-state index contributed by atoms with van der Waals surface area (Å²) in [6.07, 6.45) is 3.45. The van der Waals surface area contributed by atoms with Crippen molar-refractivity contribution in [1.29, 1.82) is 0 Å². The van der Waals surface area contributed by atoms with Crippen LogP contribution in [0.3, 0.4) is 0 Å². The second-order valence-corrected chi connectivity index (χ2v) is 5.53. The van der Waals surface area contributed by atoms with Gasteiger partial charge in [0.05, 0.1) is 13.2 Å². The van der Waals surface area contributed by atoms with Gasteiger partial charge in [0.15, 0.2) is 0 Å². The van der Waals surface area contributed by atoms with E-state index in [1.165, 1.54) is 12.8 Å². The molecule has 0 aromatic heterocycles. The fourth-order valence-electron chi connectivity index (χ4n) is 3.30. The highest BCUT2D eigenvalue weighted by molar-refractivity contribution is 4.98. The van der Waals surface area contributed by atoms with Gasteiger partial charge in [0.1, 0.15) is 0 Å². The number of ether oxygens (including phenoxy) is 1. The third-order valence-electron chi connectivity index (χ3n) is 4.82. The first-order chi connectivity index (χ1) is 8.63. The Kier molecular flexibility index (Phi) is 6.57. The van der Waals surface area contributed by atoms with Gasteiger partial charge in [-0.25, -0.2) is 0 Å². The summed E-state index contributed by atoms with van der Waals surface area (Å²) in [5.74, 6) is 6.51. The normalized spacial score (nSPS) is 23.0. The fraction of sp³-hybridized carbons (Fsp3) is 1.00. The van der Waals surface area contributed by atoms with E-state index in [1.54, 1.807) is 0 Å². The van der Waals surface area contributed by atoms with E-state index in [1.807, 2.05) is 0 Å². The molecule has 1 fully saturated rings. The smallest absolute Gasteiger partial charge is 0.0594 e. The molecule has 0 radical (unpaired) electrons. The summed E-state index contributed by atoms with van der Waals surface area (Å²) in [6, 6.07) is 0.343. The molecule has 18 heavy (non-hydrogen) atoms. The Bertz CT molecular complexity index is 227. The molecule has 0 aliphatic carbocycles. The maximum atomic E-state index is 5.89. The molecule has 0 saturated carbocycles. The number of nitrogens with two attached hydrogens (primary N) is 1. The van der Waals surface area contributed by atoms with Crippen molar-refractivity contribution >= 4 is 0 Å². The van der Waals surface area contributed by atoms with Gasteiger partial charge in [-0.2, -0.15) is 0 Å². The van der Waals surface area contributed by atoms with E-state index < -0.39 is 0 Å². The summed E-state index contributed by atoms with van der Waals surface area (Å²) in [4.78, 5) is 2.55. The van der Waals surface area contributed by atoms with Crippen LogP contribution in [0.5, 0.6) is 0 Å². The van der Waals surface area contributed by atoms with Gasteiger partial charge in [0.25, 0.3) is 0 Å². The summed E-state index contributed by atoms with van der Waals surface area (Å²) in [5, 5.41) is 0. The molecule has 1 saturated heterocycles. The molecule has 108 valence electrons. The molecule has 4 nitrogen and oxygen atoms in total. The first-order valence-corrected chi connectivity index (χ1v) is 7.42. The van der Waals surface area contributed by atoms with Gasteiger partial charge in [-0.1, -0.05) is 33.6 Å².